The lowest BCUT2D eigenvalue weighted by Gasteiger charge is -2.12. The lowest BCUT2D eigenvalue weighted by atomic mass is 10.2. The first-order valence-electron chi connectivity index (χ1n) is 6.26. The summed E-state index contributed by atoms with van der Waals surface area (Å²) in [6.07, 6.45) is 0. The van der Waals surface area contributed by atoms with E-state index < -0.39 is 0 Å². The number of hydrogen-bond donors (Lipinski definition) is 2. The van der Waals surface area contributed by atoms with Gasteiger partial charge in [-0.2, -0.15) is 0 Å². The molecule has 2 nitrogen and oxygen atoms in total. The Bertz CT molecular complexity index is 596. The summed E-state index contributed by atoms with van der Waals surface area (Å²) in [5, 5.41) is 8.41. The van der Waals surface area contributed by atoms with Crippen molar-refractivity contribution in [2.75, 3.05) is 23.7 Å². The van der Waals surface area contributed by atoms with Crippen molar-refractivity contribution < 1.29 is 0 Å². The highest BCUT2D eigenvalue weighted by Gasteiger charge is 2.03. The second-order valence-corrected chi connectivity index (χ2v) is 5.64. The fourth-order valence-electron chi connectivity index (χ4n) is 1.82. The summed E-state index contributed by atoms with van der Waals surface area (Å²) in [5.41, 5.74) is 3.04. The molecule has 0 unspecified atom stereocenters. The van der Waals surface area contributed by atoms with E-state index in [2.05, 4.69) is 10.6 Å². The minimum Gasteiger partial charge on any atom is -0.383 e. The van der Waals surface area contributed by atoms with Gasteiger partial charge in [0.2, 0.25) is 0 Å². The van der Waals surface area contributed by atoms with Crippen molar-refractivity contribution in [1.29, 1.82) is 0 Å². The van der Waals surface area contributed by atoms with Crippen LogP contribution in [0, 0.1) is 6.92 Å². The highest BCUT2D eigenvalue weighted by Crippen LogP contribution is 2.29. The molecule has 0 aliphatic carbocycles. The summed E-state index contributed by atoms with van der Waals surface area (Å²) in [7, 11) is 0. The monoisotopic (exact) mass is 328 g/mol. The van der Waals surface area contributed by atoms with E-state index in [9.17, 15) is 0 Å². The highest BCUT2D eigenvalue weighted by molar-refractivity contribution is 6.43. The number of hydrogen-bond acceptors (Lipinski definition) is 2. The van der Waals surface area contributed by atoms with Gasteiger partial charge in [-0.25, -0.2) is 0 Å². The Balaban J connectivity index is 1.88. The topological polar surface area (TPSA) is 24.1 Å². The van der Waals surface area contributed by atoms with Gasteiger partial charge in [-0.15, -0.1) is 0 Å². The Morgan fingerprint density at radius 1 is 0.900 bits per heavy atom. The first-order chi connectivity index (χ1) is 9.58. The molecule has 0 radical (unpaired) electrons. The van der Waals surface area contributed by atoms with Crippen molar-refractivity contribution in [3.63, 3.8) is 0 Å². The van der Waals surface area contributed by atoms with E-state index in [0.29, 0.717) is 10.0 Å². The average Bonchev–Trinajstić information content (AvgIpc) is 2.43. The number of nitrogens with one attached hydrogen (secondary N) is 2. The van der Waals surface area contributed by atoms with E-state index in [-0.39, 0.29) is 0 Å². The summed E-state index contributed by atoms with van der Waals surface area (Å²) in [6.45, 7) is 3.52. The summed E-state index contributed by atoms with van der Waals surface area (Å²) in [5.74, 6) is 0. The van der Waals surface area contributed by atoms with E-state index in [4.69, 9.17) is 34.8 Å². The Morgan fingerprint density at radius 3 is 2.35 bits per heavy atom. The van der Waals surface area contributed by atoms with Crippen LogP contribution in [-0.2, 0) is 0 Å². The van der Waals surface area contributed by atoms with Crippen LogP contribution >= 0.6 is 34.8 Å². The zero-order valence-corrected chi connectivity index (χ0v) is 13.3. The fourth-order valence-corrected chi connectivity index (χ4v) is 2.36. The van der Waals surface area contributed by atoms with Crippen molar-refractivity contribution in [3.8, 4) is 0 Å². The van der Waals surface area contributed by atoms with E-state index in [1.807, 2.05) is 37.3 Å². The van der Waals surface area contributed by atoms with Crippen molar-refractivity contribution >= 4 is 46.2 Å². The third-order valence-corrected chi connectivity index (χ3v) is 3.96. The molecular formula is C15H15Cl3N2. The predicted octanol–water partition coefficient (Wildman–Crippen LogP) is 5.48. The number of anilines is 2. The molecule has 0 saturated carbocycles. The second-order valence-electron chi connectivity index (χ2n) is 4.41. The SMILES string of the molecule is Cc1ccc(Cl)cc1NCCNc1cccc(Cl)c1Cl. The van der Waals surface area contributed by atoms with Gasteiger partial charge in [0.1, 0.15) is 0 Å². The van der Waals surface area contributed by atoms with Gasteiger partial charge in [0.05, 0.1) is 15.7 Å². The van der Waals surface area contributed by atoms with Crippen LogP contribution in [0.25, 0.3) is 0 Å². The third-order valence-electron chi connectivity index (χ3n) is 2.91. The molecule has 0 saturated heterocycles. The molecule has 0 aromatic heterocycles. The molecule has 2 N–H and O–H groups in total. The van der Waals surface area contributed by atoms with Crippen molar-refractivity contribution in [2.45, 2.75) is 6.92 Å². The van der Waals surface area contributed by atoms with Gasteiger partial charge in [0, 0.05) is 23.8 Å². The number of benzene rings is 2. The quantitative estimate of drug-likeness (QED) is 0.710. The van der Waals surface area contributed by atoms with Crippen LogP contribution in [-0.4, -0.2) is 13.1 Å². The van der Waals surface area contributed by atoms with Gasteiger partial charge >= 0.3 is 0 Å². The normalized spacial score (nSPS) is 10.4. The fraction of sp³-hybridized carbons (Fsp3) is 0.200. The van der Waals surface area contributed by atoms with E-state index in [1.165, 1.54) is 0 Å². The largest absolute Gasteiger partial charge is 0.383 e. The maximum atomic E-state index is 6.10. The maximum absolute atomic E-state index is 6.10. The summed E-state index contributed by atoms with van der Waals surface area (Å²) < 4.78 is 0. The minimum absolute atomic E-state index is 0.549. The van der Waals surface area contributed by atoms with Crippen LogP contribution in [0.2, 0.25) is 15.1 Å². The van der Waals surface area contributed by atoms with Gasteiger partial charge in [-0.1, -0.05) is 46.9 Å². The predicted molar refractivity (Wildman–Crippen MR) is 89.6 cm³/mol. The molecule has 2 aromatic rings. The Morgan fingerprint density at radius 2 is 1.60 bits per heavy atom. The standard InChI is InChI=1S/C15H15Cl3N2/c1-10-5-6-11(16)9-14(10)20-8-7-19-13-4-2-3-12(17)15(13)18/h2-6,9,19-20H,7-8H2,1H3. The van der Waals surface area contributed by atoms with Crippen molar-refractivity contribution in [1.82, 2.24) is 0 Å². The molecule has 106 valence electrons. The van der Waals surface area contributed by atoms with Crippen LogP contribution < -0.4 is 10.6 Å². The second kappa shape index (κ2) is 7.07. The summed E-state index contributed by atoms with van der Waals surface area (Å²) in [4.78, 5) is 0. The van der Waals surface area contributed by atoms with E-state index in [1.54, 1.807) is 6.07 Å². The van der Waals surface area contributed by atoms with Gasteiger partial charge in [0.15, 0.2) is 0 Å². The summed E-state index contributed by atoms with van der Waals surface area (Å²) in [6, 6.07) is 11.3. The zero-order chi connectivity index (χ0) is 14.5. The lowest BCUT2D eigenvalue weighted by Crippen LogP contribution is -2.14. The van der Waals surface area contributed by atoms with E-state index >= 15 is 0 Å². The Hall–Kier alpha value is -1.09. The van der Waals surface area contributed by atoms with Crippen LogP contribution in [0.3, 0.4) is 0 Å². The number of halogens is 3. The highest BCUT2D eigenvalue weighted by atomic mass is 35.5. The van der Waals surface area contributed by atoms with Crippen molar-refractivity contribution in [2.24, 2.45) is 0 Å². The smallest absolute Gasteiger partial charge is 0.0823 e. The molecule has 5 heteroatoms. The average molecular weight is 330 g/mol. The molecule has 20 heavy (non-hydrogen) atoms. The van der Waals surface area contributed by atoms with Crippen LogP contribution in [0.15, 0.2) is 36.4 Å². The molecule has 0 atom stereocenters. The van der Waals surface area contributed by atoms with Crippen LogP contribution in [0.1, 0.15) is 5.56 Å². The molecule has 2 rings (SSSR count). The minimum atomic E-state index is 0.549. The molecule has 0 amide bonds. The molecule has 0 fully saturated rings. The summed E-state index contributed by atoms with van der Waals surface area (Å²) >= 11 is 18.0. The van der Waals surface area contributed by atoms with E-state index in [0.717, 1.165) is 35.1 Å². The maximum Gasteiger partial charge on any atom is 0.0823 e. The van der Waals surface area contributed by atoms with Gasteiger partial charge < -0.3 is 10.6 Å². The molecule has 2 aromatic carbocycles. The molecule has 0 bridgehead atoms. The number of aryl methyl sites for hydroxylation is 1. The molecular weight excluding hydrogens is 315 g/mol. The van der Waals surface area contributed by atoms with Crippen molar-refractivity contribution in [3.05, 3.63) is 57.0 Å². The third kappa shape index (κ3) is 3.95. The van der Waals surface area contributed by atoms with Gasteiger partial charge in [-0.05, 0) is 36.8 Å². The van der Waals surface area contributed by atoms with Gasteiger partial charge in [0.25, 0.3) is 0 Å². The molecule has 0 aliphatic heterocycles. The lowest BCUT2D eigenvalue weighted by molar-refractivity contribution is 1.07. The first kappa shape index (κ1) is 15.3. The van der Waals surface area contributed by atoms with Crippen LogP contribution in [0.4, 0.5) is 11.4 Å². The first-order valence-corrected chi connectivity index (χ1v) is 7.39. The number of rotatable bonds is 5. The molecule has 0 heterocycles. The molecule has 0 spiro atoms. The Labute approximate surface area is 134 Å². The molecule has 0 aliphatic rings. The Kier molecular flexibility index (Phi) is 5.41. The van der Waals surface area contributed by atoms with Gasteiger partial charge in [-0.3, -0.25) is 0 Å². The zero-order valence-electron chi connectivity index (χ0n) is 11.0. The van der Waals surface area contributed by atoms with Crippen LogP contribution in [0.5, 0.6) is 0 Å².